The smallest absolute Gasteiger partial charge is 0.348 e. The summed E-state index contributed by atoms with van der Waals surface area (Å²) in [5.41, 5.74) is 2.21. The summed E-state index contributed by atoms with van der Waals surface area (Å²) in [6.07, 6.45) is 0. The van der Waals surface area contributed by atoms with Gasteiger partial charge in [-0.2, -0.15) is 0 Å². The minimum Gasteiger partial charge on any atom is -0.477 e. The summed E-state index contributed by atoms with van der Waals surface area (Å²) < 4.78 is 34.0. The predicted octanol–water partition coefficient (Wildman–Crippen LogP) is 5.28. The fourth-order valence-corrected chi connectivity index (χ4v) is 5.41. The summed E-state index contributed by atoms with van der Waals surface area (Å²) in [5.74, 6) is -0.730. The predicted molar refractivity (Wildman–Crippen MR) is 113 cm³/mol. The molecule has 2 aromatic carbocycles. The van der Waals surface area contributed by atoms with E-state index in [1.165, 1.54) is 12.1 Å². The molecule has 0 aliphatic carbocycles. The molecule has 0 unspecified atom stereocenters. The van der Waals surface area contributed by atoms with Crippen LogP contribution < -0.4 is 4.72 Å². The van der Waals surface area contributed by atoms with Gasteiger partial charge in [0.25, 0.3) is 10.0 Å². The van der Waals surface area contributed by atoms with Gasteiger partial charge in [-0.25, -0.2) is 13.2 Å². The van der Waals surface area contributed by atoms with Crippen LogP contribution in [0.25, 0.3) is 21.6 Å². The van der Waals surface area contributed by atoms with E-state index >= 15 is 0 Å². The molecule has 0 spiro atoms. The number of nitrogens with one attached hydrogen (secondary N) is 1. The lowest BCUT2D eigenvalue weighted by Crippen LogP contribution is -2.15. The number of hydrogen-bond donors (Lipinski definition) is 2. The molecule has 6 nitrogen and oxygen atoms in total. The van der Waals surface area contributed by atoms with E-state index in [2.05, 4.69) is 4.72 Å². The van der Waals surface area contributed by atoms with E-state index in [4.69, 9.17) is 4.42 Å². The second-order valence-corrected chi connectivity index (χ2v) is 9.38. The van der Waals surface area contributed by atoms with Crippen molar-refractivity contribution in [2.75, 3.05) is 4.72 Å². The van der Waals surface area contributed by atoms with Gasteiger partial charge in [-0.1, -0.05) is 35.9 Å². The molecule has 0 radical (unpaired) electrons. The first kappa shape index (κ1) is 19.2. The lowest BCUT2D eigenvalue weighted by molar-refractivity contribution is 0.0703. The minimum atomic E-state index is -3.95. The van der Waals surface area contributed by atoms with Gasteiger partial charge < -0.3 is 9.52 Å². The highest BCUT2D eigenvalue weighted by Crippen LogP contribution is 2.38. The van der Waals surface area contributed by atoms with Gasteiger partial charge >= 0.3 is 5.97 Å². The number of aryl methyl sites for hydroxylation is 2. The number of para-hydroxylation sites is 1. The number of benzene rings is 2. The van der Waals surface area contributed by atoms with Gasteiger partial charge in [-0.05, 0) is 43.7 Å². The first-order chi connectivity index (χ1) is 13.7. The largest absolute Gasteiger partial charge is 0.477 e. The summed E-state index contributed by atoms with van der Waals surface area (Å²) in [7, 11) is -3.95. The van der Waals surface area contributed by atoms with E-state index in [1.807, 2.05) is 31.2 Å². The number of carbonyl (C=O) groups is 1. The maximum atomic E-state index is 12.9. The number of sulfonamides is 1. The zero-order valence-electron chi connectivity index (χ0n) is 15.6. The average Bonchev–Trinajstić information content (AvgIpc) is 3.24. The lowest BCUT2D eigenvalue weighted by Gasteiger charge is -2.10. The van der Waals surface area contributed by atoms with Crippen LogP contribution in [-0.4, -0.2) is 19.5 Å². The molecule has 4 aromatic rings. The molecule has 0 aliphatic heterocycles. The van der Waals surface area contributed by atoms with Gasteiger partial charge in [-0.3, -0.25) is 4.72 Å². The molecular formula is C21H17NO5S2. The summed E-state index contributed by atoms with van der Waals surface area (Å²) in [6.45, 7) is 3.57. The third-order valence-corrected chi connectivity index (χ3v) is 7.12. The van der Waals surface area contributed by atoms with Gasteiger partial charge in [0.05, 0.1) is 15.5 Å². The Hall–Kier alpha value is -3.10. The first-order valence-electron chi connectivity index (χ1n) is 8.71. The van der Waals surface area contributed by atoms with Crippen molar-refractivity contribution in [1.29, 1.82) is 0 Å². The van der Waals surface area contributed by atoms with Crippen LogP contribution in [-0.2, 0) is 10.0 Å². The zero-order valence-corrected chi connectivity index (χ0v) is 17.2. The SMILES string of the molecule is Cc1ccc(S(=O)(=O)Nc2cc(-c3cc4ccccc4o3)sc2C(=O)O)c(C)c1. The Morgan fingerprint density at radius 2 is 1.83 bits per heavy atom. The molecule has 2 aromatic heterocycles. The van der Waals surface area contributed by atoms with Gasteiger partial charge in [0.15, 0.2) is 0 Å². The zero-order chi connectivity index (χ0) is 20.8. The number of rotatable bonds is 5. The van der Waals surface area contributed by atoms with Gasteiger partial charge in [0.1, 0.15) is 16.2 Å². The highest BCUT2D eigenvalue weighted by atomic mass is 32.2. The highest BCUT2D eigenvalue weighted by Gasteiger charge is 2.24. The third kappa shape index (κ3) is 3.64. The van der Waals surface area contributed by atoms with Crippen LogP contribution in [0, 0.1) is 13.8 Å². The first-order valence-corrected chi connectivity index (χ1v) is 11.0. The van der Waals surface area contributed by atoms with Crippen LogP contribution >= 0.6 is 11.3 Å². The van der Waals surface area contributed by atoms with E-state index in [0.29, 0.717) is 21.8 Å². The molecule has 2 N–H and O–H groups in total. The number of furan rings is 1. The molecule has 0 atom stereocenters. The summed E-state index contributed by atoms with van der Waals surface area (Å²) in [4.78, 5) is 12.2. The minimum absolute atomic E-state index is 0.0120. The molecule has 2 heterocycles. The lowest BCUT2D eigenvalue weighted by atomic mass is 10.2. The summed E-state index contributed by atoms with van der Waals surface area (Å²) in [6, 6.07) is 15.7. The normalized spacial score (nSPS) is 11.7. The van der Waals surface area contributed by atoms with Crippen molar-refractivity contribution in [2.45, 2.75) is 18.7 Å². The number of carboxylic acids is 1. The second kappa shape index (κ2) is 7.06. The number of thiophene rings is 1. The van der Waals surface area contributed by atoms with Gasteiger partial charge in [0, 0.05) is 5.39 Å². The van der Waals surface area contributed by atoms with Crippen molar-refractivity contribution in [2.24, 2.45) is 0 Å². The van der Waals surface area contributed by atoms with Crippen molar-refractivity contribution < 1.29 is 22.7 Å². The second-order valence-electron chi connectivity index (χ2n) is 6.68. The number of hydrogen-bond acceptors (Lipinski definition) is 5. The van der Waals surface area contributed by atoms with Crippen LogP contribution in [0.2, 0.25) is 0 Å². The van der Waals surface area contributed by atoms with Crippen molar-refractivity contribution in [3.63, 3.8) is 0 Å². The Bertz CT molecular complexity index is 1320. The Balaban J connectivity index is 1.76. The summed E-state index contributed by atoms with van der Waals surface area (Å²) in [5, 5.41) is 10.4. The van der Waals surface area contributed by atoms with E-state index in [-0.39, 0.29) is 15.5 Å². The number of carboxylic acid groups (broad SMARTS) is 1. The van der Waals surface area contributed by atoms with Crippen molar-refractivity contribution in [3.8, 4) is 10.6 Å². The molecular weight excluding hydrogens is 410 g/mol. The third-order valence-electron chi connectivity index (χ3n) is 4.46. The summed E-state index contributed by atoms with van der Waals surface area (Å²) >= 11 is 0.958. The van der Waals surface area contributed by atoms with Gasteiger partial charge in [0.2, 0.25) is 0 Å². The van der Waals surface area contributed by atoms with Gasteiger partial charge in [-0.15, -0.1) is 11.3 Å². The fraction of sp³-hybridized carbons (Fsp3) is 0.0952. The van der Waals surface area contributed by atoms with Crippen LogP contribution in [0.1, 0.15) is 20.8 Å². The van der Waals surface area contributed by atoms with Crippen LogP contribution in [0.4, 0.5) is 5.69 Å². The fourth-order valence-electron chi connectivity index (χ4n) is 3.15. The monoisotopic (exact) mass is 427 g/mol. The topological polar surface area (TPSA) is 96.6 Å². The highest BCUT2D eigenvalue weighted by molar-refractivity contribution is 7.92. The number of fused-ring (bicyclic) bond motifs is 1. The van der Waals surface area contributed by atoms with Crippen molar-refractivity contribution in [3.05, 3.63) is 70.6 Å². The molecule has 0 aliphatic rings. The Kier molecular flexibility index (Phi) is 4.68. The van der Waals surface area contributed by atoms with Crippen molar-refractivity contribution in [1.82, 2.24) is 0 Å². The van der Waals surface area contributed by atoms with Crippen molar-refractivity contribution >= 4 is 44.0 Å². The number of anilines is 1. The maximum absolute atomic E-state index is 12.9. The molecule has 0 saturated carbocycles. The average molecular weight is 428 g/mol. The Morgan fingerprint density at radius 3 is 2.52 bits per heavy atom. The molecule has 8 heteroatoms. The Morgan fingerprint density at radius 1 is 1.07 bits per heavy atom. The van der Waals surface area contributed by atoms with E-state index in [1.54, 1.807) is 25.1 Å². The molecule has 4 rings (SSSR count). The Labute approximate surface area is 171 Å². The molecule has 0 saturated heterocycles. The standard InChI is InChI=1S/C21H17NO5S2/c1-12-7-8-19(13(2)9-12)29(25,26)22-15-11-18(28-20(15)21(23)24)17-10-14-5-3-4-6-16(14)27-17/h3-11,22H,1-2H3,(H,23,24). The van der Waals surface area contributed by atoms with Crippen LogP contribution in [0.3, 0.4) is 0 Å². The maximum Gasteiger partial charge on any atom is 0.348 e. The molecule has 148 valence electrons. The molecule has 0 amide bonds. The van der Waals surface area contributed by atoms with E-state index in [0.717, 1.165) is 22.3 Å². The molecule has 29 heavy (non-hydrogen) atoms. The van der Waals surface area contributed by atoms with E-state index in [9.17, 15) is 18.3 Å². The quantitative estimate of drug-likeness (QED) is 0.452. The molecule has 0 bridgehead atoms. The van der Waals surface area contributed by atoms with E-state index < -0.39 is 16.0 Å². The van der Waals surface area contributed by atoms with Crippen LogP contribution in [0.5, 0.6) is 0 Å². The number of aromatic carboxylic acids is 1. The molecule has 0 fully saturated rings. The van der Waals surface area contributed by atoms with Crippen LogP contribution in [0.15, 0.2) is 63.9 Å².